The standard InChI is InChI=1S/C19H18F5N5O/c1-28(2)18-25-16-14(17(30)26-18)13(8-20)27-29(16)15(9-3-4-9)11-6-5-10(7-12(11)21)19(22,23)24/h5-7,9,15H,3-4,8H2,1-2H3,(H,25,26,30)/t15-/m0/s1. The van der Waals surface area contributed by atoms with Crippen molar-refractivity contribution in [2.45, 2.75) is 31.7 Å². The van der Waals surface area contributed by atoms with Crippen molar-refractivity contribution in [3.05, 3.63) is 51.2 Å². The summed E-state index contributed by atoms with van der Waals surface area (Å²) in [5, 5.41) is 4.12. The van der Waals surface area contributed by atoms with Gasteiger partial charge in [0, 0.05) is 19.7 Å². The summed E-state index contributed by atoms with van der Waals surface area (Å²) in [6.45, 7) is -1.04. The zero-order chi connectivity index (χ0) is 21.8. The van der Waals surface area contributed by atoms with Gasteiger partial charge in [0.25, 0.3) is 5.56 Å². The maximum absolute atomic E-state index is 14.8. The highest BCUT2D eigenvalue weighted by atomic mass is 19.4. The van der Waals surface area contributed by atoms with E-state index in [0.717, 1.165) is 12.1 Å². The molecule has 0 saturated heterocycles. The number of H-pyrrole nitrogens is 1. The number of aromatic amines is 1. The maximum atomic E-state index is 14.8. The third-order valence-corrected chi connectivity index (χ3v) is 5.15. The van der Waals surface area contributed by atoms with Crippen LogP contribution in [0.5, 0.6) is 0 Å². The highest BCUT2D eigenvalue weighted by Gasteiger charge is 2.39. The van der Waals surface area contributed by atoms with Crippen LogP contribution in [0.2, 0.25) is 0 Å². The SMILES string of the molecule is CN(C)c1nc2c(c(CF)nn2[C@H](c2ccc(C(F)(F)F)cc2F)C2CC2)c(=O)[nH]1. The molecule has 4 rings (SSSR count). The molecule has 160 valence electrons. The van der Waals surface area contributed by atoms with Gasteiger partial charge in [-0.15, -0.1) is 0 Å². The number of halogens is 5. The van der Waals surface area contributed by atoms with Gasteiger partial charge in [-0.1, -0.05) is 6.07 Å². The predicted octanol–water partition coefficient (Wildman–Crippen LogP) is 3.81. The zero-order valence-electron chi connectivity index (χ0n) is 16.1. The molecule has 1 saturated carbocycles. The molecule has 1 atom stereocenters. The smallest absolute Gasteiger partial charge is 0.348 e. The highest BCUT2D eigenvalue weighted by molar-refractivity contribution is 5.78. The van der Waals surface area contributed by atoms with Gasteiger partial charge in [0.2, 0.25) is 5.95 Å². The van der Waals surface area contributed by atoms with Crippen LogP contribution in [0.15, 0.2) is 23.0 Å². The Morgan fingerprint density at radius 2 is 2.00 bits per heavy atom. The molecular weight excluding hydrogens is 409 g/mol. The maximum Gasteiger partial charge on any atom is 0.416 e. The summed E-state index contributed by atoms with van der Waals surface area (Å²) in [4.78, 5) is 20.9. The summed E-state index contributed by atoms with van der Waals surface area (Å²) >= 11 is 0. The second kappa shape index (κ2) is 7.06. The second-order valence-electron chi connectivity index (χ2n) is 7.52. The lowest BCUT2D eigenvalue weighted by Gasteiger charge is -2.20. The highest BCUT2D eigenvalue weighted by Crippen LogP contribution is 2.45. The van der Waals surface area contributed by atoms with Gasteiger partial charge in [-0.2, -0.15) is 23.3 Å². The van der Waals surface area contributed by atoms with Crippen molar-refractivity contribution in [3.8, 4) is 0 Å². The summed E-state index contributed by atoms with van der Waals surface area (Å²) < 4.78 is 68.4. The molecule has 0 radical (unpaired) electrons. The first kappa shape index (κ1) is 20.3. The van der Waals surface area contributed by atoms with Gasteiger partial charge in [-0.05, 0) is 30.9 Å². The van der Waals surface area contributed by atoms with Crippen LogP contribution in [-0.4, -0.2) is 33.8 Å². The van der Waals surface area contributed by atoms with Gasteiger partial charge in [0.1, 0.15) is 23.6 Å². The van der Waals surface area contributed by atoms with Crippen LogP contribution in [0.4, 0.5) is 27.9 Å². The lowest BCUT2D eigenvalue weighted by molar-refractivity contribution is -0.137. The summed E-state index contributed by atoms with van der Waals surface area (Å²) in [6, 6.07) is 1.52. The summed E-state index contributed by atoms with van der Waals surface area (Å²) in [5.74, 6) is -0.956. The predicted molar refractivity (Wildman–Crippen MR) is 99.6 cm³/mol. The average Bonchev–Trinajstić information content (AvgIpc) is 3.43. The Bertz CT molecular complexity index is 1160. The van der Waals surface area contributed by atoms with Gasteiger partial charge < -0.3 is 4.90 Å². The molecule has 1 N–H and O–H groups in total. The fourth-order valence-electron chi connectivity index (χ4n) is 3.54. The van der Waals surface area contributed by atoms with E-state index in [1.54, 1.807) is 14.1 Å². The quantitative estimate of drug-likeness (QED) is 0.629. The number of rotatable bonds is 5. The Balaban J connectivity index is 1.94. The Labute approximate surface area is 167 Å². The van der Waals surface area contributed by atoms with E-state index in [1.165, 1.54) is 9.58 Å². The molecule has 3 aromatic rings. The number of fused-ring (bicyclic) bond motifs is 1. The van der Waals surface area contributed by atoms with Gasteiger partial charge in [-0.25, -0.2) is 13.5 Å². The van der Waals surface area contributed by atoms with Crippen molar-refractivity contribution in [1.82, 2.24) is 19.7 Å². The van der Waals surface area contributed by atoms with Gasteiger partial charge in [0.05, 0.1) is 11.6 Å². The lowest BCUT2D eigenvalue weighted by Crippen LogP contribution is -2.21. The summed E-state index contributed by atoms with van der Waals surface area (Å²) in [6.07, 6.45) is -3.29. The minimum absolute atomic E-state index is 0.00575. The molecule has 6 nitrogen and oxygen atoms in total. The molecule has 2 heterocycles. The lowest BCUT2D eigenvalue weighted by atomic mass is 10.00. The van der Waals surface area contributed by atoms with Crippen LogP contribution in [0, 0.1) is 11.7 Å². The number of nitrogens with one attached hydrogen (secondary N) is 1. The van der Waals surface area contributed by atoms with Crippen LogP contribution in [-0.2, 0) is 12.9 Å². The van der Waals surface area contributed by atoms with Crippen LogP contribution in [0.1, 0.15) is 35.7 Å². The molecule has 0 unspecified atom stereocenters. The van der Waals surface area contributed by atoms with Gasteiger partial charge in [-0.3, -0.25) is 9.78 Å². The molecule has 0 spiro atoms. The molecule has 11 heteroatoms. The van der Waals surface area contributed by atoms with E-state index in [-0.39, 0.29) is 34.2 Å². The number of nitrogens with zero attached hydrogens (tertiary/aromatic N) is 4. The molecule has 30 heavy (non-hydrogen) atoms. The molecule has 1 aliphatic rings. The molecule has 1 aliphatic carbocycles. The van der Waals surface area contributed by atoms with Crippen molar-refractivity contribution < 1.29 is 22.0 Å². The monoisotopic (exact) mass is 427 g/mol. The van der Waals surface area contributed by atoms with Crippen LogP contribution in [0.25, 0.3) is 11.0 Å². The van der Waals surface area contributed by atoms with Crippen molar-refractivity contribution in [2.75, 3.05) is 19.0 Å². The Kier molecular flexibility index (Phi) is 4.78. The van der Waals surface area contributed by atoms with E-state index in [9.17, 15) is 26.7 Å². The Morgan fingerprint density at radius 1 is 1.30 bits per heavy atom. The zero-order valence-corrected chi connectivity index (χ0v) is 16.1. The molecule has 1 aromatic carbocycles. The average molecular weight is 427 g/mol. The number of benzene rings is 1. The van der Waals surface area contributed by atoms with E-state index >= 15 is 0 Å². The number of hydrogen-bond acceptors (Lipinski definition) is 4. The molecule has 0 amide bonds. The number of anilines is 1. The van der Waals surface area contributed by atoms with Crippen molar-refractivity contribution in [1.29, 1.82) is 0 Å². The van der Waals surface area contributed by atoms with E-state index < -0.39 is 35.8 Å². The van der Waals surface area contributed by atoms with Crippen LogP contribution in [0.3, 0.4) is 0 Å². The molecule has 0 aliphatic heterocycles. The normalized spacial score (nSPS) is 15.6. The Hall–Kier alpha value is -2.98. The third-order valence-electron chi connectivity index (χ3n) is 5.15. The molecule has 2 aromatic heterocycles. The molecular formula is C19H18F5N5O. The van der Waals surface area contributed by atoms with E-state index in [0.29, 0.717) is 18.9 Å². The van der Waals surface area contributed by atoms with Crippen molar-refractivity contribution >= 4 is 17.0 Å². The fourth-order valence-corrected chi connectivity index (χ4v) is 3.54. The van der Waals surface area contributed by atoms with E-state index in [4.69, 9.17) is 0 Å². The molecule has 1 fully saturated rings. The second-order valence-corrected chi connectivity index (χ2v) is 7.52. The number of aromatic nitrogens is 4. The first-order chi connectivity index (χ1) is 14.1. The Morgan fingerprint density at radius 3 is 2.53 bits per heavy atom. The molecule has 0 bridgehead atoms. The topological polar surface area (TPSA) is 66.8 Å². The fraction of sp³-hybridized carbons (Fsp3) is 0.421. The van der Waals surface area contributed by atoms with Crippen molar-refractivity contribution in [2.24, 2.45) is 5.92 Å². The van der Waals surface area contributed by atoms with Crippen LogP contribution < -0.4 is 10.5 Å². The largest absolute Gasteiger partial charge is 0.416 e. The first-order valence-electron chi connectivity index (χ1n) is 9.23. The number of hydrogen-bond donors (Lipinski definition) is 1. The summed E-state index contributed by atoms with van der Waals surface area (Å²) in [5.41, 5.74) is -1.79. The number of alkyl halides is 4. The summed E-state index contributed by atoms with van der Waals surface area (Å²) in [7, 11) is 3.30. The van der Waals surface area contributed by atoms with Crippen LogP contribution >= 0.6 is 0 Å². The minimum atomic E-state index is -4.68. The van der Waals surface area contributed by atoms with E-state index in [1.807, 2.05) is 0 Å². The minimum Gasteiger partial charge on any atom is -0.348 e. The van der Waals surface area contributed by atoms with Gasteiger partial charge in [0.15, 0.2) is 5.65 Å². The van der Waals surface area contributed by atoms with E-state index in [2.05, 4.69) is 15.1 Å². The van der Waals surface area contributed by atoms with Gasteiger partial charge >= 0.3 is 6.18 Å². The van der Waals surface area contributed by atoms with Crippen molar-refractivity contribution in [3.63, 3.8) is 0 Å². The third kappa shape index (κ3) is 3.41. The first-order valence-corrected chi connectivity index (χ1v) is 9.23.